The van der Waals surface area contributed by atoms with Crippen LogP contribution < -0.4 is 5.32 Å². The summed E-state index contributed by atoms with van der Waals surface area (Å²) in [5.74, 6) is 1.61. The minimum atomic E-state index is 0.360. The summed E-state index contributed by atoms with van der Waals surface area (Å²) in [6.45, 7) is 0.498. The SMILES string of the molecule is CNc1cc2cc(-c3cnc(COC4CCCCCCC4)nc3)ccn2n1. The topological polar surface area (TPSA) is 64.3 Å². The number of ether oxygens (including phenoxy) is 1. The molecule has 27 heavy (non-hydrogen) atoms. The summed E-state index contributed by atoms with van der Waals surface area (Å²) in [7, 11) is 1.87. The highest BCUT2D eigenvalue weighted by Crippen LogP contribution is 2.22. The maximum atomic E-state index is 6.08. The second kappa shape index (κ2) is 8.48. The van der Waals surface area contributed by atoms with E-state index in [4.69, 9.17) is 4.74 Å². The van der Waals surface area contributed by atoms with Crippen LogP contribution in [0.1, 0.15) is 50.8 Å². The van der Waals surface area contributed by atoms with Crippen LogP contribution >= 0.6 is 0 Å². The molecule has 1 saturated carbocycles. The standard InChI is InChI=1S/C21H27N5O/c1-22-20-12-18-11-16(9-10-26(18)25-20)17-13-23-21(24-14-17)15-27-19-7-5-3-2-4-6-8-19/h9-14,19H,2-8,15H2,1H3,(H,22,25). The number of hydrogen-bond acceptors (Lipinski definition) is 5. The number of rotatable bonds is 5. The molecule has 3 aromatic rings. The molecule has 142 valence electrons. The highest BCUT2D eigenvalue weighted by molar-refractivity contribution is 5.69. The third-order valence-corrected chi connectivity index (χ3v) is 5.26. The van der Waals surface area contributed by atoms with Gasteiger partial charge in [0.25, 0.3) is 0 Å². The van der Waals surface area contributed by atoms with Crippen LogP contribution in [0.4, 0.5) is 5.82 Å². The van der Waals surface area contributed by atoms with Gasteiger partial charge in [-0.3, -0.25) is 0 Å². The fourth-order valence-corrected chi connectivity index (χ4v) is 3.65. The molecule has 1 aliphatic rings. The number of aromatic nitrogens is 4. The van der Waals surface area contributed by atoms with Crippen LogP contribution in [0, 0.1) is 0 Å². The van der Waals surface area contributed by atoms with E-state index in [1.165, 1.54) is 32.1 Å². The molecule has 0 radical (unpaired) electrons. The van der Waals surface area contributed by atoms with Crippen LogP contribution in [0.15, 0.2) is 36.8 Å². The number of fused-ring (bicyclic) bond motifs is 1. The predicted molar refractivity (Wildman–Crippen MR) is 107 cm³/mol. The van der Waals surface area contributed by atoms with Crippen molar-refractivity contribution in [2.75, 3.05) is 12.4 Å². The Bertz CT molecular complexity index is 866. The summed E-state index contributed by atoms with van der Waals surface area (Å²) in [5.41, 5.74) is 3.12. The van der Waals surface area contributed by atoms with Gasteiger partial charge in [-0.05, 0) is 30.5 Å². The maximum Gasteiger partial charge on any atom is 0.153 e. The average molecular weight is 365 g/mol. The van der Waals surface area contributed by atoms with Gasteiger partial charge in [-0.25, -0.2) is 14.5 Å². The summed E-state index contributed by atoms with van der Waals surface area (Å²) in [6.07, 6.45) is 15.0. The van der Waals surface area contributed by atoms with Gasteiger partial charge in [-0.1, -0.05) is 32.1 Å². The van der Waals surface area contributed by atoms with Crippen molar-refractivity contribution in [2.24, 2.45) is 0 Å². The molecule has 3 aromatic heterocycles. The van der Waals surface area contributed by atoms with Crippen molar-refractivity contribution < 1.29 is 4.74 Å². The normalized spacial score (nSPS) is 16.2. The molecule has 3 heterocycles. The van der Waals surface area contributed by atoms with Crippen LogP contribution in [0.3, 0.4) is 0 Å². The lowest BCUT2D eigenvalue weighted by Crippen LogP contribution is -2.15. The lowest BCUT2D eigenvalue weighted by Gasteiger charge is -2.19. The second-order valence-corrected chi connectivity index (χ2v) is 7.23. The molecule has 4 rings (SSSR count). The van der Waals surface area contributed by atoms with Crippen molar-refractivity contribution in [1.82, 2.24) is 19.6 Å². The van der Waals surface area contributed by atoms with Gasteiger partial charge in [-0.15, -0.1) is 0 Å². The maximum absolute atomic E-state index is 6.08. The van der Waals surface area contributed by atoms with Gasteiger partial charge >= 0.3 is 0 Å². The molecule has 0 amide bonds. The van der Waals surface area contributed by atoms with Gasteiger partial charge in [-0.2, -0.15) is 5.10 Å². The highest BCUT2D eigenvalue weighted by Gasteiger charge is 2.12. The monoisotopic (exact) mass is 365 g/mol. The van der Waals surface area contributed by atoms with Gasteiger partial charge < -0.3 is 10.1 Å². The third kappa shape index (κ3) is 4.45. The van der Waals surface area contributed by atoms with E-state index in [9.17, 15) is 0 Å². The van der Waals surface area contributed by atoms with Crippen molar-refractivity contribution >= 4 is 11.3 Å². The lowest BCUT2D eigenvalue weighted by molar-refractivity contribution is 0.0202. The Labute approximate surface area is 160 Å². The first-order valence-electron chi connectivity index (χ1n) is 9.92. The number of pyridine rings is 1. The average Bonchev–Trinajstić information content (AvgIpc) is 3.10. The van der Waals surface area contributed by atoms with Crippen LogP contribution in [0.25, 0.3) is 16.6 Å². The van der Waals surface area contributed by atoms with Gasteiger partial charge in [0, 0.05) is 37.3 Å². The first kappa shape index (κ1) is 17.9. The molecule has 6 nitrogen and oxygen atoms in total. The first-order valence-corrected chi connectivity index (χ1v) is 9.92. The molecule has 0 atom stereocenters. The van der Waals surface area contributed by atoms with E-state index in [1.807, 2.05) is 42.3 Å². The summed E-state index contributed by atoms with van der Waals surface area (Å²) < 4.78 is 7.93. The van der Waals surface area contributed by atoms with Crippen LogP contribution in [0.5, 0.6) is 0 Å². The summed E-state index contributed by atoms with van der Waals surface area (Å²) in [5, 5.41) is 7.48. The smallest absolute Gasteiger partial charge is 0.153 e. The quantitative estimate of drug-likeness (QED) is 0.723. The Morgan fingerprint density at radius 1 is 1.04 bits per heavy atom. The Kier molecular flexibility index (Phi) is 5.63. The molecule has 0 spiro atoms. The summed E-state index contributed by atoms with van der Waals surface area (Å²) in [4.78, 5) is 9.02. The Hall–Kier alpha value is -2.47. The zero-order valence-corrected chi connectivity index (χ0v) is 15.9. The van der Waals surface area contributed by atoms with E-state index >= 15 is 0 Å². The van der Waals surface area contributed by atoms with Crippen molar-refractivity contribution in [2.45, 2.75) is 57.7 Å². The molecular formula is C21H27N5O. The largest absolute Gasteiger partial charge is 0.372 e. The lowest BCUT2D eigenvalue weighted by atomic mass is 9.99. The van der Waals surface area contributed by atoms with E-state index in [1.54, 1.807) is 0 Å². The molecule has 0 aromatic carbocycles. The fourth-order valence-electron chi connectivity index (χ4n) is 3.65. The molecule has 0 aliphatic heterocycles. The van der Waals surface area contributed by atoms with E-state index in [0.29, 0.717) is 12.7 Å². The van der Waals surface area contributed by atoms with Crippen molar-refractivity contribution in [3.63, 3.8) is 0 Å². The number of nitrogens with zero attached hydrogens (tertiary/aromatic N) is 4. The van der Waals surface area contributed by atoms with Crippen molar-refractivity contribution in [1.29, 1.82) is 0 Å². The van der Waals surface area contributed by atoms with E-state index in [-0.39, 0.29) is 0 Å². The van der Waals surface area contributed by atoms with E-state index in [0.717, 1.165) is 41.1 Å². The molecule has 0 unspecified atom stereocenters. The van der Waals surface area contributed by atoms with Gasteiger partial charge in [0.15, 0.2) is 5.82 Å². The van der Waals surface area contributed by atoms with Crippen LogP contribution in [-0.2, 0) is 11.3 Å². The zero-order valence-electron chi connectivity index (χ0n) is 15.9. The van der Waals surface area contributed by atoms with Crippen LogP contribution in [-0.4, -0.2) is 32.7 Å². The van der Waals surface area contributed by atoms with E-state index in [2.05, 4.69) is 26.4 Å². The first-order chi connectivity index (χ1) is 13.3. The third-order valence-electron chi connectivity index (χ3n) is 5.26. The molecule has 1 N–H and O–H groups in total. The zero-order chi connectivity index (χ0) is 18.5. The fraction of sp³-hybridized carbons (Fsp3) is 0.476. The minimum Gasteiger partial charge on any atom is -0.372 e. The van der Waals surface area contributed by atoms with E-state index < -0.39 is 0 Å². The van der Waals surface area contributed by atoms with Gasteiger partial charge in [0.1, 0.15) is 12.4 Å². The molecule has 1 fully saturated rings. The molecular weight excluding hydrogens is 338 g/mol. The number of nitrogens with one attached hydrogen (secondary N) is 1. The summed E-state index contributed by atoms with van der Waals surface area (Å²) >= 11 is 0. The van der Waals surface area contributed by atoms with Crippen molar-refractivity contribution in [3.05, 3.63) is 42.6 Å². The van der Waals surface area contributed by atoms with Crippen molar-refractivity contribution in [3.8, 4) is 11.1 Å². The number of hydrogen-bond donors (Lipinski definition) is 1. The summed E-state index contributed by atoms with van der Waals surface area (Å²) in [6, 6.07) is 6.14. The van der Waals surface area contributed by atoms with Gasteiger partial charge in [0.2, 0.25) is 0 Å². The van der Waals surface area contributed by atoms with Gasteiger partial charge in [0.05, 0.1) is 11.6 Å². The molecule has 0 bridgehead atoms. The van der Waals surface area contributed by atoms with Crippen LogP contribution in [0.2, 0.25) is 0 Å². The predicted octanol–water partition coefficient (Wildman–Crippen LogP) is 4.46. The minimum absolute atomic E-state index is 0.360. The number of anilines is 1. The molecule has 6 heteroatoms. The Balaban J connectivity index is 1.40. The Morgan fingerprint density at radius 3 is 2.52 bits per heavy atom. The highest BCUT2D eigenvalue weighted by atomic mass is 16.5. The Morgan fingerprint density at radius 2 is 1.78 bits per heavy atom. The second-order valence-electron chi connectivity index (χ2n) is 7.23. The molecule has 1 aliphatic carbocycles. The molecule has 0 saturated heterocycles.